The van der Waals surface area contributed by atoms with Gasteiger partial charge in [-0.2, -0.15) is 0 Å². The van der Waals surface area contributed by atoms with Crippen molar-refractivity contribution in [2.75, 3.05) is 19.6 Å². The zero-order valence-electron chi connectivity index (χ0n) is 16.0. The average Bonchev–Trinajstić information content (AvgIpc) is 2.71. The summed E-state index contributed by atoms with van der Waals surface area (Å²) < 4.78 is 42.1. The molecule has 3 aromatic rings. The average molecular weight is 435 g/mol. The minimum absolute atomic E-state index is 0. The Morgan fingerprint density at radius 2 is 1.62 bits per heavy atom. The molecule has 0 spiro atoms. The number of rotatable bonds is 6. The Kier molecular flexibility index (Phi) is 6.90. The van der Waals surface area contributed by atoms with Crippen LogP contribution in [-0.4, -0.2) is 33.0 Å². The maximum absolute atomic E-state index is 14.0. The van der Waals surface area contributed by atoms with Gasteiger partial charge in [0, 0.05) is 30.4 Å². The van der Waals surface area contributed by atoms with Crippen LogP contribution in [0.5, 0.6) is 0 Å². The van der Waals surface area contributed by atoms with Crippen molar-refractivity contribution in [2.24, 2.45) is 0 Å². The van der Waals surface area contributed by atoms with E-state index in [2.05, 4.69) is 33.9 Å². The van der Waals surface area contributed by atoms with Crippen LogP contribution in [0, 0.1) is 5.82 Å². The molecule has 0 fully saturated rings. The molecule has 1 N–H and O–H groups in total. The van der Waals surface area contributed by atoms with Crippen molar-refractivity contribution in [3.05, 3.63) is 77.6 Å². The van der Waals surface area contributed by atoms with Crippen LogP contribution in [0.3, 0.4) is 0 Å². The first-order chi connectivity index (χ1) is 13.5. The highest BCUT2D eigenvalue weighted by molar-refractivity contribution is 7.89. The van der Waals surface area contributed by atoms with Crippen molar-refractivity contribution in [1.29, 1.82) is 0 Å². The number of nitrogens with zero attached hydrogens (tertiary/aromatic N) is 1. The van der Waals surface area contributed by atoms with Crippen LogP contribution in [0.4, 0.5) is 4.39 Å². The zero-order valence-corrected chi connectivity index (χ0v) is 17.6. The molecule has 0 aromatic heterocycles. The van der Waals surface area contributed by atoms with E-state index < -0.39 is 15.8 Å². The molecule has 1 aliphatic rings. The Morgan fingerprint density at radius 1 is 0.931 bits per heavy atom. The van der Waals surface area contributed by atoms with Gasteiger partial charge in [-0.15, -0.1) is 12.4 Å². The van der Waals surface area contributed by atoms with Gasteiger partial charge >= 0.3 is 0 Å². The standard InChI is InChI=1S/C22H23FN2O2S.ClH/c23-21-10-11-22(20-9-4-3-8-19(20)21)28(26,27)24-13-5-14-25-15-12-17-6-1-2-7-18(17)16-25;/h1-4,6-11,24H,5,12-16H2;1H. The fourth-order valence-electron chi connectivity index (χ4n) is 3.80. The lowest BCUT2D eigenvalue weighted by Crippen LogP contribution is -2.33. The largest absolute Gasteiger partial charge is 0.299 e. The van der Waals surface area contributed by atoms with Crippen LogP contribution >= 0.6 is 12.4 Å². The third-order valence-electron chi connectivity index (χ3n) is 5.27. The van der Waals surface area contributed by atoms with Crippen molar-refractivity contribution < 1.29 is 12.8 Å². The maximum Gasteiger partial charge on any atom is 0.241 e. The fraction of sp³-hybridized carbons (Fsp3) is 0.273. The maximum atomic E-state index is 14.0. The molecular weight excluding hydrogens is 411 g/mol. The van der Waals surface area contributed by atoms with E-state index in [0.29, 0.717) is 17.3 Å². The van der Waals surface area contributed by atoms with E-state index in [1.807, 2.05) is 0 Å². The Hall–Kier alpha value is -1.99. The number of benzene rings is 3. The van der Waals surface area contributed by atoms with Gasteiger partial charge in [0.05, 0.1) is 4.90 Å². The van der Waals surface area contributed by atoms with Crippen molar-refractivity contribution >= 4 is 33.2 Å². The molecule has 0 saturated carbocycles. The zero-order chi connectivity index (χ0) is 19.6. The van der Waals surface area contributed by atoms with Gasteiger partial charge in [-0.3, -0.25) is 4.90 Å². The number of halogens is 2. The topological polar surface area (TPSA) is 49.4 Å². The molecule has 4 rings (SSSR count). The van der Waals surface area contributed by atoms with E-state index >= 15 is 0 Å². The van der Waals surface area contributed by atoms with Crippen LogP contribution in [0.2, 0.25) is 0 Å². The van der Waals surface area contributed by atoms with E-state index in [-0.39, 0.29) is 17.3 Å². The second-order valence-corrected chi connectivity index (χ2v) is 8.87. The predicted octanol–water partition coefficient (Wildman–Crippen LogP) is 4.13. The molecule has 1 heterocycles. The van der Waals surface area contributed by atoms with Gasteiger partial charge in [-0.25, -0.2) is 17.5 Å². The summed E-state index contributed by atoms with van der Waals surface area (Å²) in [4.78, 5) is 2.47. The number of hydrogen-bond donors (Lipinski definition) is 1. The van der Waals surface area contributed by atoms with Gasteiger partial charge in [-0.1, -0.05) is 48.5 Å². The molecule has 0 unspecified atom stereocenters. The van der Waals surface area contributed by atoms with Crippen LogP contribution in [0.15, 0.2) is 65.6 Å². The third-order valence-corrected chi connectivity index (χ3v) is 6.79. The van der Waals surface area contributed by atoms with Crippen LogP contribution in [-0.2, 0) is 23.0 Å². The molecular formula is C22H24ClFN2O2S. The quantitative estimate of drug-likeness (QED) is 0.593. The van der Waals surface area contributed by atoms with Gasteiger partial charge in [0.2, 0.25) is 10.0 Å². The lowest BCUT2D eigenvalue weighted by Gasteiger charge is -2.28. The highest BCUT2D eigenvalue weighted by Gasteiger charge is 2.19. The summed E-state index contributed by atoms with van der Waals surface area (Å²) in [5, 5.41) is 0.722. The molecule has 4 nitrogen and oxygen atoms in total. The second-order valence-electron chi connectivity index (χ2n) is 7.14. The Balaban J connectivity index is 0.00000240. The number of sulfonamides is 1. The van der Waals surface area contributed by atoms with E-state index in [4.69, 9.17) is 0 Å². The van der Waals surface area contributed by atoms with Crippen LogP contribution in [0.1, 0.15) is 17.5 Å². The highest BCUT2D eigenvalue weighted by Crippen LogP contribution is 2.25. The highest BCUT2D eigenvalue weighted by atomic mass is 35.5. The lowest BCUT2D eigenvalue weighted by atomic mass is 10.00. The third kappa shape index (κ3) is 4.78. The van der Waals surface area contributed by atoms with Gasteiger partial charge in [0.15, 0.2) is 0 Å². The van der Waals surface area contributed by atoms with Crippen molar-refractivity contribution in [3.63, 3.8) is 0 Å². The molecule has 29 heavy (non-hydrogen) atoms. The van der Waals surface area contributed by atoms with Gasteiger partial charge in [0.1, 0.15) is 5.82 Å². The summed E-state index contributed by atoms with van der Waals surface area (Å²) >= 11 is 0. The molecule has 0 saturated heterocycles. The summed E-state index contributed by atoms with van der Waals surface area (Å²) in [6.45, 7) is 3.09. The van der Waals surface area contributed by atoms with Gasteiger partial charge in [0.25, 0.3) is 0 Å². The number of nitrogens with one attached hydrogen (secondary N) is 1. The van der Waals surface area contributed by atoms with E-state index in [9.17, 15) is 12.8 Å². The Bertz CT molecular complexity index is 1100. The number of hydrogen-bond acceptors (Lipinski definition) is 3. The molecule has 0 atom stereocenters. The fourth-order valence-corrected chi connectivity index (χ4v) is 5.08. The molecule has 0 amide bonds. The van der Waals surface area contributed by atoms with Crippen molar-refractivity contribution in [1.82, 2.24) is 9.62 Å². The first kappa shape index (κ1) is 21.7. The SMILES string of the molecule is Cl.O=S(=O)(NCCCN1CCc2ccccc2C1)c1ccc(F)c2ccccc12. The smallest absolute Gasteiger partial charge is 0.241 e. The molecule has 7 heteroatoms. The minimum atomic E-state index is -3.69. The van der Waals surface area contributed by atoms with Crippen LogP contribution < -0.4 is 4.72 Å². The summed E-state index contributed by atoms with van der Waals surface area (Å²) in [5.74, 6) is -0.417. The molecule has 3 aromatic carbocycles. The van der Waals surface area contributed by atoms with Crippen molar-refractivity contribution in [3.8, 4) is 0 Å². The Morgan fingerprint density at radius 3 is 2.41 bits per heavy atom. The predicted molar refractivity (Wildman–Crippen MR) is 116 cm³/mol. The van der Waals surface area contributed by atoms with Gasteiger partial charge < -0.3 is 0 Å². The molecule has 0 bridgehead atoms. The van der Waals surface area contributed by atoms with E-state index in [1.54, 1.807) is 24.3 Å². The molecule has 1 aliphatic heterocycles. The molecule has 0 aliphatic carbocycles. The minimum Gasteiger partial charge on any atom is -0.299 e. The van der Waals surface area contributed by atoms with E-state index in [1.165, 1.54) is 23.3 Å². The summed E-state index contributed by atoms with van der Waals surface area (Å²) in [7, 11) is -3.69. The summed E-state index contributed by atoms with van der Waals surface area (Å²) in [5.41, 5.74) is 2.76. The van der Waals surface area contributed by atoms with Crippen molar-refractivity contribution in [2.45, 2.75) is 24.3 Å². The summed E-state index contributed by atoms with van der Waals surface area (Å²) in [6.07, 6.45) is 1.75. The second kappa shape index (κ2) is 9.22. The monoisotopic (exact) mass is 434 g/mol. The molecule has 0 radical (unpaired) electrons. The van der Waals surface area contributed by atoms with Crippen LogP contribution in [0.25, 0.3) is 10.8 Å². The first-order valence-electron chi connectivity index (χ1n) is 9.51. The summed E-state index contributed by atoms with van der Waals surface area (Å²) in [6, 6.07) is 17.7. The lowest BCUT2D eigenvalue weighted by molar-refractivity contribution is 0.251. The normalized spacial score (nSPS) is 14.4. The van der Waals surface area contributed by atoms with E-state index in [0.717, 1.165) is 32.5 Å². The first-order valence-corrected chi connectivity index (χ1v) is 11.0. The number of fused-ring (bicyclic) bond motifs is 2. The molecule has 154 valence electrons. The Labute approximate surface area is 177 Å². The van der Waals surface area contributed by atoms with Gasteiger partial charge in [-0.05, 0) is 42.6 Å².